The first kappa shape index (κ1) is 40.8. The van der Waals surface area contributed by atoms with E-state index in [-0.39, 0.29) is 62.4 Å². The van der Waals surface area contributed by atoms with Gasteiger partial charge in [0.25, 0.3) is 0 Å². The van der Waals surface area contributed by atoms with E-state index in [1.54, 1.807) is 10.6 Å². The van der Waals surface area contributed by atoms with Crippen LogP contribution in [0.15, 0.2) is 72.8 Å². The van der Waals surface area contributed by atoms with E-state index in [4.69, 9.17) is 0 Å². The van der Waals surface area contributed by atoms with E-state index in [0.717, 1.165) is 11.3 Å². The normalized spacial score (nSPS) is 11.0. The Bertz CT molecular complexity index is 1110. The minimum atomic E-state index is -0.0206. The molecule has 0 atom stereocenters. The largest absolute Gasteiger partial charge is 4.00 e. The van der Waals surface area contributed by atoms with Crippen molar-refractivity contribution in [3.8, 4) is 0 Å². The van der Waals surface area contributed by atoms with E-state index in [9.17, 15) is 0 Å². The predicted octanol–water partition coefficient (Wildman–Crippen LogP) is 5.31. The molecule has 0 saturated carbocycles. The van der Waals surface area contributed by atoms with E-state index < -0.39 is 0 Å². The second-order valence-electron chi connectivity index (χ2n) is 11.4. The quantitative estimate of drug-likeness (QED) is 0.0742. The molecule has 0 N–H and O–H groups in total. The zero-order valence-corrected chi connectivity index (χ0v) is 31.2. The fourth-order valence-electron chi connectivity index (χ4n) is 5.62. The molecule has 0 aromatic heterocycles. The van der Waals surface area contributed by atoms with Crippen LogP contribution in [-0.2, 0) is 21.7 Å². The Balaban J connectivity index is 0.000000756. The fraction of sp³-hybridized carbons (Fsp3) is 0.500. The van der Waals surface area contributed by atoms with Crippen LogP contribution in [0.3, 0.4) is 0 Å². The van der Waals surface area contributed by atoms with Crippen LogP contribution >= 0.6 is 15.8 Å². The Hall–Kier alpha value is -0.186. The predicted molar refractivity (Wildman–Crippen MR) is 180 cm³/mol. The van der Waals surface area contributed by atoms with Crippen LogP contribution in [0.1, 0.15) is 92.9 Å². The van der Waals surface area contributed by atoms with E-state index in [1.807, 2.05) is 0 Å². The van der Waals surface area contributed by atoms with Gasteiger partial charge in [0.15, 0.2) is 0 Å². The van der Waals surface area contributed by atoms with Crippen LogP contribution in [0, 0.1) is 0 Å². The van der Waals surface area contributed by atoms with Crippen molar-refractivity contribution in [1.29, 1.82) is 0 Å². The molecular formula is C36H52Cl2P2Ti. The van der Waals surface area contributed by atoms with Gasteiger partial charge in [0.1, 0.15) is 0 Å². The van der Waals surface area contributed by atoms with Gasteiger partial charge in [-0.2, -0.15) is 12.1 Å². The number of rotatable bonds is 14. The summed E-state index contributed by atoms with van der Waals surface area (Å²) in [6, 6.07) is 27.3. The van der Waals surface area contributed by atoms with Crippen molar-refractivity contribution in [1.82, 2.24) is 0 Å². The topological polar surface area (TPSA) is 0 Å². The zero-order chi connectivity index (χ0) is 27.3. The van der Waals surface area contributed by atoms with Crippen molar-refractivity contribution in [2.45, 2.75) is 104 Å². The van der Waals surface area contributed by atoms with Gasteiger partial charge in [0.05, 0.1) is 0 Å². The number of hydrogen-bond acceptors (Lipinski definition) is 0. The summed E-state index contributed by atoms with van der Waals surface area (Å²) in [5.41, 5.74) is 1.54. The Labute approximate surface area is 282 Å². The molecule has 0 bridgehead atoms. The number of benzene rings is 2. The molecule has 0 unspecified atom stereocenters. The molecule has 0 saturated heterocycles. The Morgan fingerprint density at radius 2 is 1.00 bits per heavy atom. The van der Waals surface area contributed by atoms with Gasteiger partial charge in [-0.3, -0.25) is 0 Å². The van der Waals surface area contributed by atoms with Gasteiger partial charge in [-0.25, -0.2) is 0 Å². The smallest absolute Gasteiger partial charge is 1.00 e. The Morgan fingerprint density at radius 3 is 1.41 bits per heavy atom. The van der Waals surface area contributed by atoms with Crippen molar-refractivity contribution in [2.75, 3.05) is 12.3 Å². The number of fused-ring (bicyclic) bond motifs is 2. The van der Waals surface area contributed by atoms with Crippen molar-refractivity contribution < 1.29 is 46.5 Å². The van der Waals surface area contributed by atoms with Crippen LogP contribution in [0.2, 0.25) is 0 Å². The molecule has 0 fully saturated rings. The van der Waals surface area contributed by atoms with Gasteiger partial charge in [0, 0.05) is 0 Å². The second kappa shape index (κ2) is 22.3. The van der Waals surface area contributed by atoms with E-state index in [2.05, 4.69) is 114 Å². The molecule has 4 aromatic carbocycles. The van der Waals surface area contributed by atoms with Crippen LogP contribution < -0.4 is 35.4 Å². The molecule has 5 heteroatoms. The van der Waals surface area contributed by atoms with Gasteiger partial charge < -0.3 is 24.8 Å². The van der Waals surface area contributed by atoms with Crippen LogP contribution in [-0.4, -0.2) is 23.6 Å². The van der Waals surface area contributed by atoms with Gasteiger partial charge in [0.2, 0.25) is 0 Å². The molecule has 4 aromatic rings. The molecule has 0 aliphatic rings. The summed E-state index contributed by atoms with van der Waals surface area (Å²) in [5.74, 6) is 0. The van der Waals surface area contributed by atoms with Crippen molar-refractivity contribution in [3.05, 3.63) is 72.8 Å². The summed E-state index contributed by atoms with van der Waals surface area (Å²) >= 11 is 0. The minimum Gasteiger partial charge on any atom is -1.00 e. The van der Waals surface area contributed by atoms with E-state index in [0.29, 0.717) is 0 Å². The molecule has 0 spiro atoms. The number of halogens is 2. The fourth-order valence-corrected chi connectivity index (χ4v) is 11.2. The molecule has 0 heterocycles. The molecule has 4 rings (SSSR count). The minimum absolute atomic E-state index is 0. The SMILES string of the molecule is CC(C)P(c1cc2ccccc2[cH-]1)C(C)C.CCCCCCP(CCCCCC)c1cc2ccccc2[cH-]1.[Cl-].[Cl-].[Ti+4]. The maximum absolute atomic E-state index is 2.47. The zero-order valence-electron chi connectivity index (χ0n) is 26.3. The summed E-state index contributed by atoms with van der Waals surface area (Å²) in [6.07, 6.45) is 14.1. The molecule has 41 heavy (non-hydrogen) atoms. The van der Waals surface area contributed by atoms with Crippen molar-refractivity contribution in [3.63, 3.8) is 0 Å². The van der Waals surface area contributed by atoms with Gasteiger partial charge in [-0.15, -0.1) is 80.7 Å². The summed E-state index contributed by atoms with van der Waals surface area (Å²) < 4.78 is 0. The summed E-state index contributed by atoms with van der Waals surface area (Å²) in [4.78, 5) is 0. The third kappa shape index (κ3) is 13.1. The van der Waals surface area contributed by atoms with Gasteiger partial charge >= 0.3 is 21.7 Å². The molecule has 0 nitrogen and oxygen atoms in total. The van der Waals surface area contributed by atoms with Crippen LogP contribution in [0.25, 0.3) is 21.5 Å². The van der Waals surface area contributed by atoms with Gasteiger partial charge in [-0.05, 0) is 36.5 Å². The molecular weight excluding hydrogens is 613 g/mol. The maximum atomic E-state index is 2.47. The average Bonchev–Trinajstić information content (AvgIpc) is 3.52. The average molecular weight is 666 g/mol. The summed E-state index contributed by atoms with van der Waals surface area (Å²) in [6.45, 7) is 14.0. The standard InChI is InChI=1S/C21H32P.C15H20P.2ClH.Ti/c1-3-5-7-11-15-22(16-12-8-6-4-2)21-17-19-13-9-10-14-20(19)18-21;1-11(2)16(12(3)4)15-9-13-7-5-6-8-14(13)10-15;;;/h9-10,13-14,17-18H,3-8,11-12,15-16H2,1-2H3;5-12H,1-4H3;2*1H;/q2*-1;;;+4/p-2. The second-order valence-corrected chi connectivity index (χ2v) is 17.3. The van der Waals surface area contributed by atoms with Crippen LogP contribution in [0.4, 0.5) is 0 Å². The van der Waals surface area contributed by atoms with E-state index >= 15 is 0 Å². The summed E-state index contributed by atoms with van der Waals surface area (Å²) in [5, 5.41) is 8.89. The number of unbranched alkanes of at least 4 members (excludes halogenated alkanes) is 6. The molecule has 0 aliphatic carbocycles. The monoisotopic (exact) mass is 664 g/mol. The Morgan fingerprint density at radius 1 is 0.585 bits per heavy atom. The third-order valence-electron chi connectivity index (χ3n) is 7.54. The molecule has 224 valence electrons. The maximum Gasteiger partial charge on any atom is 4.00 e. The first-order chi connectivity index (χ1) is 18.4. The van der Waals surface area contributed by atoms with E-state index in [1.165, 1.54) is 85.2 Å². The first-order valence-corrected chi connectivity index (χ1v) is 18.5. The third-order valence-corrected chi connectivity index (χ3v) is 13.3. The summed E-state index contributed by atoms with van der Waals surface area (Å²) in [7, 11) is 0.0436. The van der Waals surface area contributed by atoms with Crippen molar-refractivity contribution >= 4 is 48.0 Å². The number of hydrogen-bond donors (Lipinski definition) is 0. The molecule has 0 aliphatic heterocycles. The van der Waals surface area contributed by atoms with Gasteiger partial charge in [-0.1, -0.05) is 108 Å². The molecule has 0 amide bonds. The van der Waals surface area contributed by atoms with Crippen molar-refractivity contribution in [2.24, 2.45) is 0 Å². The first-order valence-electron chi connectivity index (χ1n) is 15.3. The Kier molecular flexibility index (Phi) is 22.2. The molecule has 0 radical (unpaired) electrons. The van der Waals surface area contributed by atoms with Crippen LogP contribution in [0.5, 0.6) is 0 Å².